The number of rotatable bonds is 6. The quantitative estimate of drug-likeness (QED) is 0.846. The van der Waals surface area contributed by atoms with Crippen molar-refractivity contribution >= 4 is 5.97 Å². The first-order chi connectivity index (χ1) is 8.43. The van der Waals surface area contributed by atoms with Gasteiger partial charge in [-0.15, -0.1) is 0 Å². The molecule has 1 unspecified atom stereocenters. The maximum Gasteiger partial charge on any atom is 0.335 e. The van der Waals surface area contributed by atoms with Crippen LogP contribution in [0.4, 0.5) is 4.39 Å². The van der Waals surface area contributed by atoms with Crippen LogP contribution in [0.15, 0.2) is 18.2 Å². The fraction of sp³-hybridized carbons (Fsp3) is 0.500. The highest BCUT2D eigenvalue weighted by Crippen LogP contribution is 2.14. The molecular weight excluding hydrogens is 233 g/mol. The molecule has 100 valence electrons. The third-order valence-electron chi connectivity index (χ3n) is 3.10. The zero-order valence-electron chi connectivity index (χ0n) is 11.1. The molecule has 0 aliphatic rings. The van der Waals surface area contributed by atoms with Crippen molar-refractivity contribution in [2.75, 3.05) is 7.05 Å². The summed E-state index contributed by atoms with van der Waals surface area (Å²) < 4.78 is 13.3. The average molecular weight is 253 g/mol. The van der Waals surface area contributed by atoms with E-state index < -0.39 is 11.8 Å². The molecule has 0 aromatic heterocycles. The maximum absolute atomic E-state index is 13.3. The first-order valence-electron chi connectivity index (χ1n) is 6.17. The second-order valence-corrected chi connectivity index (χ2v) is 4.71. The molecule has 0 aliphatic heterocycles. The van der Waals surface area contributed by atoms with Crippen LogP contribution in [-0.2, 0) is 6.54 Å². The van der Waals surface area contributed by atoms with E-state index in [0.717, 1.165) is 18.9 Å². The Kier molecular flexibility index (Phi) is 5.28. The molecule has 1 N–H and O–H groups in total. The molecular formula is C14H20FNO2. The van der Waals surface area contributed by atoms with Crippen molar-refractivity contribution in [2.45, 2.75) is 39.3 Å². The number of hydrogen-bond acceptors (Lipinski definition) is 2. The summed E-state index contributed by atoms with van der Waals surface area (Å²) in [4.78, 5) is 12.9. The number of nitrogens with zero attached hydrogens (tertiary/aromatic N) is 1. The molecule has 1 aromatic carbocycles. The molecule has 4 heteroatoms. The van der Waals surface area contributed by atoms with Crippen molar-refractivity contribution < 1.29 is 14.3 Å². The SMILES string of the molecule is CCCC(C)N(C)Cc1cc(F)cc(C(=O)O)c1. The predicted octanol–water partition coefficient (Wildman–Crippen LogP) is 3.14. The minimum atomic E-state index is -1.10. The molecule has 1 rings (SSSR count). The second-order valence-electron chi connectivity index (χ2n) is 4.71. The molecule has 0 fully saturated rings. The lowest BCUT2D eigenvalue weighted by atomic mass is 10.1. The smallest absolute Gasteiger partial charge is 0.335 e. The zero-order valence-corrected chi connectivity index (χ0v) is 11.1. The highest BCUT2D eigenvalue weighted by atomic mass is 19.1. The third-order valence-corrected chi connectivity index (χ3v) is 3.10. The van der Waals surface area contributed by atoms with Crippen LogP contribution in [0, 0.1) is 5.82 Å². The van der Waals surface area contributed by atoms with E-state index in [9.17, 15) is 9.18 Å². The van der Waals surface area contributed by atoms with Gasteiger partial charge >= 0.3 is 5.97 Å². The lowest BCUT2D eigenvalue weighted by molar-refractivity contribution is 0.0696. The Morgan fingerprint density at radius 1 is 1.44 bits per heavy atom. The van der Waals surface area contributed by atoms with Crippen LogP contribution < -0.4 is 0 Å². The van der Waals surface area contributed by atoms with Crippen molar-refractivity contribution in [3.8, 4) is 0 Å². The average Bonchev–Trinajstić information content (AvgIpc) is 2.28. The summed E-state index contributed by atoms with van der Waals surface area (Å²) in [5.41, 5.74) is 0.694. The van der Waals surface area contributed by atoms with Crippen molar-refractivity contribution in [3.63, 3.8) is 0 Å². The van der Waals surface area contributed by atoms with Crippen molar-refractivity contribution in [1.29, 1.82) is 0 Å². The molecule has 3 nitrogen and oxygen atoms in total. The van der Waals surface area contributed by atoms with Gasteiger partial charge in [0.15, 0.2) is 0 Å². The van der Waals surface area contributed by atoms with E-state index in [1.165, 1.54) is 12.1 Å². The van der Waals surface area contributed by atoms with E-state index in [-0.39, 0.29) is 5.56 Å². The molecule has 0 heterocycles. The Labute approximate surface area is 107 Å². The number of carbonyl (C=O) groups is 1. The lowest BCUT2D eigenvalue weighted by Crippen LogP contribution is -2.28. The summed E-state index contributed by atoms with van der Waals surface area (Å²) in [6.07, 6.45) is 2.16. The highest BCUT2D eigenvalue weighted by Gasteiger charge is 2.11. The third kappa shape index (κ3) is 4.11. The van der Waals surface area contributed by atoms with E-state index in [1.54, 1.807) is 0 Å². The van der Waals surface area contributed by atoms with Crippen LogP contribution >= 0.6 is 0 Å². The van der Waals surface area contributed by atoms with Crippen LogP contribution in [0.2, 0.25) is 0 Å². The van der Waals surface area contributed by atoms with Crippen LogP contribution in [-0.4, -0.2) is 29.1 Å². The summed E-state index contributed by atoms with van der Waals surface area (Å²) in [5, 5.41) is 8.88. The van der Waals surface area contributed by atoms with Gasteiger partial charge in [-0.05, 0) is 44.2 Å². The Morgan fingerprint density at radius 3 is 2.67 bits per heavy atom. The Morgan fingerprint density at radius 2 is 2.11 bits per heavy atom. The number of hydrogen-bond donors (Lipinski definition) is 1. The van der Waals surface area contributed by atoms with Gasteiger partial charge in [0.1, 0.15) is 5.82 Å². The van der Waals surface area contributed by atoms with Gasteiger partial charge in [-0.25, -0.2) is 9.18 Å². The number of carboxylic acids is 1. The van der Waals surface area contributed by atoms with Crippen LogP contribution in [0.1, 0.15) is 42.6 Å². The molecule has 0 spiro atoms. The fourth-order valence-corrected chi connectivity index (χ4v) is 1.95. The minimum Gasteiger partial charge on any atom is -0.478 e. The van der Waals surface area contributed by atoms with E-state index in [4.69, 9.17) is 5.11 Å². The summed E-state index contributed by atoms with van der Waals surface area (Å²) in [5.74, 6) is -1.60. The van der Waals surface area contributed by atoms with Crippen molar-refractivity contribution in [1.82, 2.24) is 4.90 Å². The number of benzene rings is 1. The Bertz CT molecular complexity index is 420. The Hall–Kier alpha value is -1.42. The molecule has 0 saturated heterocycles. The van der Waals surface area contributed by atoms with Crippen LogP contribution in [0.25, 0.3) is 0 Å². The summed E-state index contributed by atoms with van der Waals surface area (Å²) >= 11 is 0. The molecule has 1 atom stereocenters. The molecule has 0 bridgehead atoms. The number of carboxylic acid groups (broad SMARTS) is 1. The van der Waals surface area contributed by atoms with E-state index in [0.29, 0.717) is 18.2 Å². The molecule has 18 heavy (non-hydrogen) atoms. The van der Waals surface area contributed by atoms with Crippen molar-refractivity contribution in [2.24, 2.45) is 0 Å². The fourth-order valence-electron chi connectivity index (χ4n) is 1.95. The molecule has 1 aromatic rings. The van der Waals surface area contributed by atoms with Crippen LogP contribution in [0.3, 0.4) is 0 Å². The van der Waals surface area contributed by atoms with Gasteiger partial charge < -0.3 is 5.11 Å². The van der Waals surface area contributed by atoms with Gasteiger partial charge in [0.2, 0.25) is 0 Å². The highest BCUT2D eigenvalue weighted by molar-refractivity contribution is 5.87. The van der Waals surface area contributed by atoms with Gasteiger partial charge in [-0.2, -0.15) is 0 Å². The Balaban J connectivity index is 2.81. The normalized spacial score (nSPS) is 12.7. The zero-order chi connectivity index (χ0) is 13.7. The molecule has 0 saturated carbocycles. The number of aromatic carboxylic acids is 1. The van der Waals surface area contributed by atoms with Gasteiger partial charge in [0, 0.05) is 12.6 Å². The first-order valence-corrected chi connectivity index (χ1v) is 6.17. The molecule has 0 amide bonds. The van der Waals surface area contributed by atoms with Gasteiger partial charge in [-0.1, -0.05) is 13.3 Å². The van der Waals surface area contributed by atoms with E-state index in [2.05, 4.69) is 18.7 Å². The summed E-state index contributed by atoms with van der Waals surface area (Å²) in [6, 6.07) is 4.36. The molecule has 0 radical (unpaired) electrons. The van der Waals surface area contributed by atoms with E-state index in [1.807, 2.05) is 7.05 Å². The van der Waals surface area contributed by atoms with Gasteiger partial charge in [0.25, 0.3) is 0 Å². The molecule has 0 aliphatic carbocycles. The topological polar surface area (TPSA) is 40.5 Å². The minimum absolute atomic E-state index is 0.00143. The van der Waals surface area contributed by atoms with Gasteiger partial charge in [-0.3, -0.25) is 4.90 Å². The number of halogens is 1. The summed E-state index contributed by atoms with van der Waals surface area (Å²) in [6.45, 7) is 4.79. The monoisotopic (exact) mass is 253 g/mol. The van der Waals surface area contributed by atoms with Gasteiger partial charge in [0.05, 0.1) is 5.56 Å². The van der Waals surface area contributed by atoms with E-state index >= 15 is 0 Å². The van der Waals surface area contributed by atoms with Crippen molar-refractivity contribution in [3.05, 3.63) is 35.1 Å². The second kappa shape index (κ2) is 6.50. The first kappa shape index (κ1) is 14.6. The lowest BCUT2D eigenvalue weighted by Gasteiger charge is -2.24. The summed E-state index contributed by atoms with van der Waals surface area (Å²) in [7, 11) is 1.96. The largest absolute Gasteiger partial charge is 0.478 e. The van der Waals surface area contributed by atoms with Crippen LogP contribution in [0.5, 0.6) is 0 Å². The maximum atomic E-state index is 13.3. The standard InChI is InChI=1S/C14H20FNO2/c1-4-5-10(2)16(3)9-11-6-12(14(17)18)8-13(15)7-11/h6-8,10H,4-5,9H2,1-3H3,(H,17,18). The predicted molar refractivity (Wildman–Crippen MR) is 69.2 cm³/mol.